The Labute approximate surface area is 161 Å². The van der Waals surface area contributed by atoms with Crippen LogP contribution in [0.3, 0.4) is 0 Å². The Morgan fingerprint density at radius 1 is 1.36 bits per heavy atom. The number of carbonyl (C=O) groups is 1. The molecule has 9 nitrogen and oxygen atoms in total. The molecule has 148 valence electrons. The second kappa shape index (κ2) is 6.35. The van der Waals surface area contributed by atoms with E-state index in [9.17, 15) is 9.59 Å². The number of anilines is 2. The highest BCUT2D eigenvalue weighted by Crippen LogP contribution is 2.57. The van der Waals surface area contributed by atoms with E-state index in [4.69, 9.17) is 4.74 Å². The second-order valence-corrected chi connectivity index (χ2v) is 8.42. The number of ether oxygens (including phenoxy) is 1. The third-order valence-corrected chi connectivity index (χ3v) is 6.40. The fourth-order valence-electron chi connectivity index (χ4n) is 4.67. The molecule has 2 unspecified atom stereocenters. The average molecular weight is 384 g/mol. The first-order chi connectivity index (χ1) is 13.5. The molecule has 2 aromatic heterocycles. The highest BCUT2D eigenvalue weighted by molar-refractivity contribution is 5.69. The van der Waals surface area contributed by atoms with Crippen molar-refractivity contribution in [2.45, 2.75) is 56.1 Å². The van der Waals surface area contributed by atoms with Crippen molar-refractivity contribution in [3.8, 4) is 0 Å². The zero-order valence-corrected chi connectivity index (χ0v) is 15.8. The Balaban J connectivity index is 1.17. The molecule has 0 spiro atoms. The molecule has 1 amide bonds. The molecule has 28 heavy (non-hydrogen) atoms. The van der Waals surface area contributed by atoms with E-state index in [2.05, 4.69) is 25.8 Å². The summed E-state index contributed by atoms with van der Waals surface area (Å²) >= 11 is 0. The van der Waals surface area contributed by atoms with Crippen LogP contribution in [0.15, 0.2) is 23.1 Å². The fraction of sp³-hybridized carbons (Fsp3) is 0.579. The van der Waals surface area contributed by atoms with E-state index < -0.39 is 0 Å². The lowest BCUT2D eigenvalue weighted by Crippen LogP contribution is -2.68. The topological polar surface area (TPSA) is 114 Å². The summed E-state index contributed by atoms with van der Waals surface area (Å²) in [5.41, 5.74) is 0.908. The van der Waals surface area contributed by atoms with E-state index in [0.29, 0.717) is 11.8 Å². The molecule has 4 saturated carbocycles. The lowest BCUT2D eigenvalue weighted by Gasteiger charge is -2.61. The van der Waals surface area contributed by atoms with Crippen LogP contribution in [0.5, 0.6) is 0 Å². The summed E-state index contributed by atoms with van der Waals surface area (Å²) in [7, 11) is 1.65. The molecular formula is C19H24N6O3. The van der Waals surface area contributed by atoms with Crippen LogP contribution in [0.4, 0.5) is 16.6 Å². The first-order valence-electron chi connectivity index (χ1n) is 9.83. The molecule has 2 atom stereocenters. The van der Waals surface area contributed by atoms with Crippen LogP contribution in [0.1, 0.15) is 50.1 Å². The van der Waals surface area contributed by atoms with Crippen molar-refractivity contribution in [3.05, 3.63) is 34.4 Å². The number of amides is 1. The molecule has 6 rings (SSSR count). The summed E-state index contributed by atoms with van der Waals surface area (Å²) in [4.78, 5) is 28.0. The third-order valence-electron chi connectivity index (χ3n) is 6.40. The van der Waals surface area contributed by atoms with Gasteiger partial charge in [0.25, 0.3) is 5.56 Å². The van der Waals surface area contributed by atoms with Crippen LogP contribution in [0.25, 0.3) is 0 Å². The summed E-state index contributed by atoms with van der Waals surface area (Å²) in [5, 5.41) is 13.4. The zero-order chi connectivity index (χ0) is 19.3. The van der Waals surface area contributed by atoms with E-state index in [1.165, 1.54) is 16.8 Å². The summed E-state index contributed by atoms with van der Waals surface area (Å²) in [6.45, 7) is 0. The molecule has 2 heterocycles. The van der Waals surface area contributed by atoms with Gasteiger partial charge in [-0.05, 0) is 44.4 Å². The van der Waals surface area contributed by atoms with E-state index >= 15 is 0 Å². The Hall–Kier alpha value is -2.84. The van der Waals surface area contributed by atoms with Crippen LogP contribution in [0.2, 0.25) is 0 Å². The number of aromatic nitrogens is 4. The molecule has 0 saturated heterocycles. The lowest BCUT2D eigenvalue weighted by molar-refractivity contribution is -0.0506. The first-order valence-corrected chi connectivity index (χ1v) is 9.83. The molecule has 4 fully saturated rings. The van der Waals surface area contributed by atoms with Gasteiger partial charge in [0, 0.05) is 42.5 Å². The Bertz CT molecular complexity index is 950. The SMILES string of the molecule is Cn1c(Nc2cc(C3CCC(OC(=O)NC45CC(C4)C5)C3)[nH]n2)nccc1=O. The summed E-state index contributed by atoms with van der Waals surface area (Å²) in [5.74, 6) is 2.13. The maximum Gasteiger partial charge on any atom is 0.407 e. The molecule has 2 bridgehead atoms. The van der Waals surface area contributed by atoms with Gasteiger partial charge in [0.1, 0.15) is 6.10 Å². The van der Waals surface area contributed by atoms with Crippen LogP contribution >= 0.6 is 0 Å². The summed E-state index contributed by atoms with van der Waals surface area (Å²) < 4.78 is 7.07. The standard InChI is InChI=1S/C19H24N6O3/c1-25-16(26)4-5-20-17(25)21-15-7-14(23-24-15)12-2-3-13(6-12)28-18(27)22-19-8-11(9-19)10-19/h4-5,7,11-13H,2-3,6,8-10H2,1H3,(H,22,27)(H2,20,21,23,24). The van der Waals surface area contributed by atoms with Gasteiger partial charge in [-0.2, -0.15) is 5.10 Å². The van der Waals surface area contributed by atoms with Crippen molar-refractivity contribution < 1.29 is 9.53 Å². The Morgan fingerprint density at radius 3 is 2.93 bits per heavy atom. The number of hydrogen-bond acceptors (Lipinski definition) is 6. The van der Waals surface area contributed by atoms with Gasteiger partial charge in [-0.3, -0.25) is 14.5 Å². The van der Waals surface area contributed by atoms with Crippen molar-refractivity contribution in [3.63, 3.8) is 0 Å². The van der Waals surface area contributed by atoms with E-state index in [0.717, 1.165) is 50.1 Å². The largest absolute Gasteiger partial charge is 0.446 e. The van der Waals surface area contributed by atoms with Crippen molar-refractivity contribution in [1.29, 1.82) is 0 Å². The van der Waals surface area contributed by atoms with Gasteiger partial charge in [-0.25, -0.2) is 9.78 Å². The van der Waals surface area contributed by atoms with Gasteiger partial charge >= 0.3 is 6.09 Å². The van der Waals surface area contributed by atoms with Crippen molar-refractivity contribution in [2.75, 3.05) is 5.32 Å². The van der Waals surface area contributed by atoms with Crippen LogP contribution < -0.4 is 16.2 Å². The summed E-state index contributed by atoms with van der Waals surface area (Å²) in [6, 6.07) is 3.33. The minimum absolute atomic E-state index is 0.0509. The van der Waals surface area contributed by atoms with Gasteiger partial charge in [0.05, 0.1) is 0 Å². The van der Waals surface area contributed by atoms with Crippen molar-refractivity contribution in [2.24, 2.45) is 13.0 Å². The number of aromatic amines is 1. The number of nitrogens with zero attached hydrogens (tertiary/aromatic N) is 3. The van der Waals surface area contributed by atoms with Crippen LogP contribution in [-0.4, -0.2) is 37.5 Å². The highest BCUT2D eigenvalue weighted by Gasteiger charge is 2.57. The smallest absolute Gasteiger partial charge is 0.407 e. The molecule has 4 aliphatic rings. The fourth-order valence-corrected chi connectivity index (χ4v) is 4.67. The average Bonchev–Trinajstić information content (AvgIpc) is 3.23. The van der Waals surface area contributed by atoms with E-state index in [1.54, 1.807) is 7.05 Å². The molecular weight excluding hydrogens is 360 g/mol. The predicted octanol–water partition coefficient (Wildman–Crippen LogP) is 2.16. The predicted molar refractivity (Wildman–Crippen MR) is 101 cm³/mol. The maximum atomic E-state index is 12.1. The molecule has 0 radical (unpaired) electrons. The maximum absolute atomic E-state index is 12.1. The normalized spacial score (nSPS) is 30.2. The molecule has 0 aliphatic heterocycles. The monoisotopic (exact) mass is 384 g/mol. The van der Waals surface area contributed by atoms with Crippen molar-refractivity contribution in [1.82, 2.24) is 25.1 Å². The quantitative estimate of drug-likeness (QED) is 0.728. The minimum Gasteiger partial charge on any atom is -0.446 e. The zero-order valence-electron chi connectivity index (χ0n) is 15.8. The summed E-state index contributed by atoms with van der Waals surface area (Å²) in [6.07, 6.45) is 7.05. The molecule has 3 N–H and O–H groups in total. The third kappa shape index (κ3) is 3.04. The number of H-pyrrole nitrogens is 1. The molecule has 4 aliphatic carbocycles. The van der Waals surface area contributed by atoms with E-state index in [1.807, 2.05) is 6.07 Å². The second-order valence-electron chi connectivity index (χ2n) is 8.42. The van der Waals surface area contributed by atoms with Gasteiger partial charge in [0.15, 0.2) is 5.82 Å². The highest BCUT2D eigenvalue weighted by atomic mass is 16.6. The molecule has 0 aromatic carbocycles. The van der Waals surface area contributed by atoms with E-state index in [-0.39, 0.29) is 29.2 Å². The van der Waals surface area contributed by atoms with Crippen molar-refractivity contribution >= 4 is 17.9 Å². The number of alkyl carbamates (subject to hydrolysis) is 1. The molecule has 9 heteroatoms. The van der Waals surface area contributed by atoms with Gasteiger partial charge in [0.2, 0.25) is 5.95 Å². The van der Waals surface area contributed by atoms with Gasteiger partial charge < -0.3 is 15.4 Å². The van der Waals surface area contributed by atoms with Gasteiger partial charge in [-0.1, -0.05) is 0 Å². The lowest BCUT2D eigenvalue weighted by atomic mass is 9.50. The Morgan fingerprint density at radius 2 is 2.18 bits per heavy atom. The van der Waals surface area contributed by atoms with Crippen LogP contribution in [-0.2, 0) is 11.8 Å². The molecule has 2 aromatic rings. The first kappa shape index (κ1) is 17.3. The number of carbonyl (C=O) groups excluding carboxylic acids is 1. The number of hydrogen-bond donors (Lipinski definition) is 3. The minimum atomic E-state index is -0.271. The van der Waals surface area contributed by atoms with Crippen LogP contribution in [0, 0.1) is 5.92 Å². The number of rotatable bonds is 5. The van der Waals surface area contributed by atoms with Gasteiger partial charge in [-0.15, -0.1) is 0 Å². The Kier molecular flexibility index (Phi) is 3.92. The number of nitrogens with one attached hydrogen (secondary N) is 3.